The first-order chi connectivity index (χ1) is 69.4. The Bertz CT molecular complexity index is 6060. The van der Waals surface area contributed by atoms with Crippen molar-refractivity contribution in [2.45, 2.75) is 219 Å². The average Bonchev–Trinajstić information content (AvgIpc) is 1.54. The number of phenols is 3. The molecular weight excluding hydrogens is 1890 g/mol. The van der Waals surface area contributed by atoms with E-state index in [0.717, 1.165) is 40.7 Å². The number of halogens is 1. The number of fused-ring (bicyclic) bond motifs is 8. The maximum Gasteiger partial charge on any atom is 0.336 e. The summed E-state index contributed by atoms with van der Waals surface area (Å²) in [5.41, 5.74) is 10.5. The molecule has 0 saturated heterocycles. The van der Waals surface area contributed by atoms with Gasteiger partial charge in [0, 0.05) is 154 Å². The highest BCUT2D eigenvalue weighted by atomic mass is 35.5. The lowest BCUT2D eigenvalue weighted by Gasteiger charge is -2.37. The fourth-order valence-corrected chi connectivity index (χ4v) is 17.9. The Morgan fingerprint density at radius 3 is 1.41 bits per heavy atom. The molecule has 146 heavy (non-hydrogen) atoms. The standard InChI is InChI=1S/C55H65N5O12.C33H54N6O6.C22H14O6.ClH/c1-33(2)26-45(54(69)58-32-51(67)59-44(16-12-13-25-57-34(3)61)47(65)29-37(53(68)56-4)27-35-14-8-7-9-15-35)60-50(66)18-11-6-5-10-17-46(64)36-19-22-40(43(28-36)55(70)71)52-41-23-20-38(62)30-48(41)72-49-31-39(63)21-24-42(49)52;1-23(2)19-28(39-30(42)16-9-6-11-17-34)33(45)37-22-31(43)38-27(15-10-12-18-36-24(3)40)29(41)21-26(32(44)35-4)20-25-13-7-5-8-14-25;23-11-27-14-3-6-16-15(9-14)19(26)10-22(16)17-4-1-12(24)7-20(17)28-21-8-13(25)2-5-18(21)22;/h7-9,14-15,19-24,28,30-31,33,37,44-45,62H,5-6,10-13,16-18,25-27,29,32H2,1-4H3,(H,56,68)(H,57,61)(H,58,69)(H,59,67)(H,60,66)(H,70,71);5,7-8,13-14,23,26-28H,6,9-12,15-22,34H2,1-4H3,(H,35,44)(H,36,40)(H,37,45)(H,38,43)(H,39,42);1-9,11,24-25H,10H2;1H/t37-,44+,45+;26-,27+,28+;;/m11../s1. The van der Waals surface area contributed by atoms with Crippen LogP contribution in [0.4, 0.5) is 0 Å². The smallest absolute Gasteiger partial charge is 0.336 e. The van der Waals surface area contributed by atoms with E-state index in [4.69, 9.17) is 19.6 Å². The molecule has 0 bridgehead atoms. The molecule has 16 N–H and O–H groups in total. The van der Waals surface area contributed by atoms with Gasteiger partial charge in [0.2, 0.25) is 59.1 Å². The summed E-state index contributed by atoms with van der Waals surface area (Å²) in [6.07, 6.45) is 9.08. The van der Waals surface area contributed by atoms with Crippen molar-refractivity contribution in [3.05, 3.63) is 225 Å². The minimum Gasteiger partial charge on any atom is -0.508 e. The lowest BCUT2D eigenvalue weighted by atomic mass is 9.68. The quantitative estimate of drug-likeness (QED) is 0.00728. The van der Waals surface area contributed by atoms with Crippen molar-refractivity contribution in [1.29, 1.82) is 0 Å². The average molecular weight is 2030 g/mol. The Labute approximate surface area is 854 Å². The number of carbonyl (C=O) groups is 16. The fourth-order valence-electron chi connectivity index (χ4n) is 17.9. The highest BCUT2D eigenvalue weighted by Crippen LogP contribution is 2.59. The number of carboxylic acid groups (broad SMARTS) is 1. The van der Waals surface area contributed by atoms with E-state index in [1.165, 1.54) is 70.4 Å². The largest absolute Gasteiger partial charge is 0.508 e. The van der Waals surface area contributed by atoms with Gasteiger partial charge in [-0.25, -0.2) is 4.79 Å². The number of aromatic carboxylic acids is 1. The number of Topliss-reactive ketones (excluding diaryl/α,β-unsaturated/α-hetero) is 4. The highest BCUT2D eigenvalue weighted by Gasteiger charge is 2.52. The molecule has 2 aliphatic carbocycles. The maximum absolute atomic E-state index is 13.7. The second-order valence-corrected chi connectivity index (χ2v) is 37.2. The molecule has 6 atom stereocenters. The normalized spacial score (nSPS) is 13.0. The summed E-state index contributed by atoms with van der Waals surface area (Å²) in [5.74, 6) is -5.81. The number of ether oxygens (including phenoxy) is 2. The van der Waals surface area contributed by atoms with Crippen molar-refractivity contribution in [2.24, 2.45) is 29.4 Å². The Morgan fingerprint density at radius 1 is 0.473 bits per heavy atom. The number of ketones is 4. The molecule has 10 amide bonds. The van der Waals surface area contributed by atoms with E-state index in [9.17, 15) is 102 Å². The Kier molecular flexibility index (Phi) is 46.2. The number of aromatic hydroxyl groups is 3. The van der Waals surface area contributed by atoms with Crippen LogP contribution in [0.5, 0.6) is 34.5 Å². The van der Waals surface area contributed by atoms with Crippen LogP contribution in [0.15, 0.2) is 179 Å². The Balaban J connectivity index is 0.000000296. The van der Waals surface area contributed by atoms with Gasteiger partial charge in [0.05, 0.1) is 36.2 Å². The van der Waals surface area contributed by atoms with E-state index in [-0.39, 0.29) is 179 Å². The monoisotopic (exact) mass is 2030 g/mol. The van der Waals surface area contributed by atoms with Gasteiger partial charge in [0.25, 0.3) is 6.47 Å². The number of rotatable bonds is 53. The lowest BCUT2D eigenvalue weighted by molar-refractivity contribution is -0.132. The van der Waals surface area contributed by atoms with Crippen LogP contribution in [0.25, 0.3) is 33.4 Å². The molecule has 0 aromatic heterocycles. The predicted octanol–water partition coefficient (Wildman–Crippen LogP) is 12.1. The van der Waals surface area contributed by atoms with Crippen molar-refractivity contribution >= 4 is 118 Å². The number of hydrogen-bond acceptors (Lipinski definition) is 24. The van der Waals surface area contributed by atoms with Crippen molar-refractivity contribution in [3.63, 3.8) is 0 Å². The van der Waals surface area contributed by atoms with Crippen LogP contribution in [-0.4, -0.2) is 186 Å². The van der Waals surface area contributed by atoms with Gasteiger partial charge in [-0.05, 0) is 185 Å². The number of amides is 10. The predicted molar refractivity (Wildman–Crippen MR) is 551 cm³/mol. The topological polar surface area (TPSA) is 549 Å². The zero-order valence-corrected chi connectivity index (χ0v) is 84.4. The van der Waals surface area contributed by atoms with E-state index in [2.05, 4.69) is 53.2 Å². The molecule has 0 fully saturated rings. The summed E-state index contributed by atoms with van der Waals surface area (Å²) in [5, 5.41) is 67.7. The third-order valence-electron chi connectivity index (χ3n) is 25.0. The minimum atomic E-state index is -1.26. The summed E-state index contributed by atoms with van der Waals surface area (Å²) in [6, 6.07) is 42.8. The van der Waals surface area contributed by atoms with E-state index in [0.29, 0.717) is 161 Å². The number of carboxylic acids is 1. The first-order valence-corrected chi connectivity index (χ1v) is 49.1. The summed E-state index contributed by atoms with van der Waals surface area (Å²) in [7, 11) is 3.02. The van der Waals surface area contributed by atoms with E-state index in [1.54, 1.807) is 66.7 Å². The first kappa shape index (κ1) is 116. The molecule has 780 valence electrons. The number of hydrogen-bond donors (Lipinski definition) is 15. The number of carbonyl (C=O) groups excluding carboxylic acids is 15. The summed E-state index contributed by atoms with van der Waals surface area (Å²) in [6.45, 7) is 11.4. The van der Waals surface area contributed by atoms with Crippen molar-refractivity contribution in [1.82, 2.24) is 53.2 Å². The van der Waals surface area contributed by atoms with E-state index >= 15 is 0 Å². The van der Waals surface area contributed by atoms with Crippen LogP contribution in [0.2, 0.25) is 0 Å². The Hall–Kier alpha value is -15.0. The third-order valence-corrected chi connectivity index (χ3v) is 25.0. The molecule has 4 aliphatic rings. The van der Waals surface area contributed by atoms with Gasteiger partial charge in [0.15, 0.2) is 28.6 Å². The van der Waals surface area contributed by atoms with Crippen LogP contribution >= 0.6 is 12.4 Å². The van der Waals surface area contributed by atoms with Crippen LogP contribution < -0.4 is 73.8 Å². The molecule has 36 heteroatoms. The molecule has 0 radical (unpaired) electrons. The lowest BCUT2D eigenvalue weighted by Crippen LogP contribution is -2.51. The molecule has 7 aromatic rings. The highest BCUT2D eigenvalue weighted by molar-refractivity contribution is 6.10. The molecule has 0 saturated carbocycles. The zero-order valence-electron chi connectivity index (χ0n) is 83.6. The van der Waals surface area contributed by atoms with E-state index in [1.807, 2.05) is 88.4 Å². The number of unbranched alkanes of at least 4 members (excludes halogenated alkanes) is 7. The molecule has 0 unspecified atom stereocenters. The van der Waals surface area contributed by atoms with E-state index < -0.39 is 77.6 Å². The number of benzene rings is 8. The summed E-state index contributed by atoms with van der Waals surface area (Å²) >= 11 is 0. The zero-order chi connectivity index (χ0) is 105. The van der Waals surface area contributed by atoms with Crippen LogP contribution in [0.1, 0.15) is 235 Å². The van der Waals surface area contributed by atoms with Crippen LogP contribution in [-0.2, 0) is 80.6 Å². The molecule has 2 heterocycles. The van der Waals surface area contributed by atoms with Crippen molar-refractivity contribution in [3.8, 4) is 56.9 Å². The number of nitrogens with one attached hydrogen (secondary N) is 10. The van der Waals surface area contributed by atoms with Gasteiger partial charge < -0.3 is 93.2 Å². The van der Waals surface area contributed by atoms with Crippen molar-refractivity contribution in [2.75, 3.05) is 46.8 Å². The molecule has 1 spiro atoms. The maximum atomic E-state index is 13.7. The Morgan fingerprint density at radius 2 is 0.938 bits per heavy atom. The molecule has 7 aromatic carbocycles. The van der Waals surface area contributed by atoms with Gasteiger partial charge in [-0.1, -0.05) is 138 Å². The van der Waals surface area contributed by atoms with Gasteiger partial charge in [-0.2, -0.15) is 0 Å². The second kappa shape index (κ2) is 58.1. The second-order valence-electron chi connectivity index (χ2n) is 37.2. The molecule has 2 aliphatic heterocycles. The molecule has 35 nitrogen and oxygen atoms in total. The molecular formula is C110H134ClN11O24. The van der Waals surface area contributed by atoms with Crippen LogP contribution in [0.3, 0.4) is 0 Å². The fraction of sp³-hybridized carbons (Fsp3) is 0.409. The number of phenolic OH excluding ortho intramolecular Hbond substituents is 3. The third kappa shape index (κ3) is 34.9. The minimum absolute atomic E-state index is 0. The molecule has 11 rings (SSSR count). The van der Waals surface area contributed by atoms with Crippen LogP contribution in [0, 0.1) is 23.7 Å². The van der Waals surface area contributed by atoms with Gasteiger partial charge in [-0.3, -0.25) is 76.7 Å². The van der Waals surface area contributed by atoms with Crippen molar-refractivity contribution < 1.29 is 111 Å². The summed E-state index contributed by atoms with van der Waals surface area (Å²) < 4.78 is 16.7. The van der Waals surface area contributed by atoms with Gasteiger partial charge in [-0.15, -0.1) is 12.4 Å². The van der Waals surface area contributed by atoms with Gasteiger partial charge in [0.1, 0.15) is 57.9 Å². The number of nitrogens with two attached hydrogens (primary N) is 1. The van der Waals surface area contributed by atoms with Gasteiger partial charge >= 0.3 is 5.97 Å². The SMILES string of the molecule is CNC(=O)[C@@H](CC(=O)[C@H](CCCCNC(C)=O)NC(=O)CNC(=O)[C@H](CC(C)C)NC(=O)CCCCCCC(=O)c1ccc(-c2c3ccc(=O)cc-3oc3cc(O)ccc23)c(C(=O)O)c1)Cc1ccccc1.CNC(=O)[C@@H](CC(=O)[C@H](CCCCNC(C)=O)NC(=O)CNC(=O)[C@H](CC(C)C)NC(=O)CCCCCN)Cc1ccccc1.Cl.O=COc1ccc2c(c1)C(=O)CC21c2ccc(O)cc2Oc2cc(O)ccc21. The first-order valence-electron chi connectivity index (χ1n) is 49.1. The summed E-state index contributed by atoms with van der Waals surface area (Å²) in [4.78, 5) is 215.